The topological polar surface area (TPSA) is 38.1 Å². The van der Waals surface area contributed by atoms with E-state index in [4.69, 9.17) is 16.7 Å². The molecule has 1 heterocycles. The van der Waals surface area contributed by atoms with Crippen LogP contribution in [0.15, 0.2) is 36.7 Å². The van der Waals surface area contributed by atoms with Crippen molar-refractivity contribution in [2.45, 2.75) is 13.2 Å². The normalized spacial score (nSPS) is 10.5. The standard InChI is InChI=1S/C11H11ClN2O/c12-10-4-2-1-3-9(10)7-14-6-5-13-11(14)8-15/h1-6,15H,7-8H2. The molecule has 0 saturated carbocycles. The molecule has 0 spiro atoms. The molecule has 0 unspecified atom stereocenters. The predicted octanol–water partition coefficient (Wildman–Crippen LogP) is 2.08. The lowest BCUT2D eigenvalue weighted by Gasteiger charge is -2.07. The Morgan fingerprint density at radius 1 is 1.33 bits per heavy atom. The van der Waals surface area contributed by atoms with Gasteiger partial charge in [0.15, 0.2) is 0 Å². The number of imidazole rings is 1. The van der Waals surface area contributed by atoms with Crippen molar-refractivity contribution in [1.82, 2.24) is 9.55 Å². The van der Waals surface area contributed by atoms with Gasteiger partial charge in [0.05, 0.1) is 6.54 Å². The van der Waals surface area contributed by atoms with Gasteiger partial charge < -0.3 is 9.67 Å². The molecule has 0 aliphatic rings. The van der Waals surface area contributed by atoms with Gasteiger partial charge in [-0.15, -0.1) is 0 Å². The number of aliphatic hydroxyl groups is 1. The number of halogens is 1. The zero-order valence-electron chi connectivity index (χ0n) is 8.10. The summed E-state index contributed by atoms with van der Waals surface area (Å²) in [6.07, 6.45) is 3.50. The molecule has 0 aliphatic carbocycles. The Kier molecular flexibility index (Phi) is 3.04. The number of aromatic nitrogens is 2. The van der Waals surface area contributed by atoms with E-state index >= 15 is 0 Å². The van der Waals surface area contributed by atoms with Crippen LogP contribution in [0.1, 0.15) is 11.4 Å². The minimum atomic E-state index is -0.0581. The highest BCUT2D eigenvalue weighted by molar-refractivity contribution is 6.31. The van der Waals surface area contributed by atoms with Gasteiger partial charge in [0.1, 0.15) is 12.4 Å². The molecule has 2 rings (SSSR count). The molecule has 0 saturated heterocycles. The van der Waals surface area contributed by atoms with E-state index in [1.165, 1.54) is 0 Å². The van der Waals surface area contributed by atoms with Crippen LogP contribution < -0.4 is 0 Å². The van der Waals surface area contributed by atoms with Crippen molar-refractivity contribution in [2.24, 2.45) is 0 Å². The first kappa shape index (κ1) is 10.2. The molecule has 78 valence electrons. The number of nitrogens with zero attached hydrogens (tertiary/aromatic N) is 2. The number of hydrogen-bond acceptors (Lipinski definition) is 2. The summed E-state index contributed by atoms with van der Waals surface area (Å²) in [5.41, 5.74) is 1.02. The van der Waals surface area contributed by atoms with E-state index in [0.717, 1.165) is 10.6 Å². The molecular weight excluding hydrogens is 212 g/mol. The van der Waals surface area contributed by atoms with Gasteiger partial charge in [-0.1, -0.05) is 29.8 Å². The van der Waals surface area contributed by atoms with Crippen LogP contribution in [-0.4, -0.2) is 14.7 Å². The van der Waals surface area contributed by atoms with Crippen LogP contribution in [-0.2, 0) is 13.2 Å². The molecule has 0 atom stereocenters. The molecule has 1 N–H and O–H groups in total. The minimum absolute atomic E-state index is 0.0581. The lowest BCUT2D eigenvalue weighted by molar-refractivity contribution is 0.266. The second kappa shape index (κ2) is 4.47. The van der Waals surface area contributed by atoms with Gasteiger partial charge in [-0.25, -0.2) is 4.98 Å². The maximum atomic E-state index is 9.04. The van der Waals surface area contributed by atoms with Gasteiger partial charge >= 0.3 is 0 Å². The highest BCUT2D eigenvalue weighted by atomic mass is 35.5. The summed E-state index contributed by atoms with van der Waals surface area (Å²) < 4.78 is 1.88. The molecule has 0 amide bonds. The van der Waals surface area contributed by atoms with Crippen LogP contribution in [0.25, 0.3) is 0 Å². The first-order valence-electron chi connectivity index (χ1n) is 4.65. The fourth-order valence-corrected chi connectivity index (χ4v) is 1.64. The average Bonchev–Trinajstić information content (AvgIpc) is 2.69. The monoisotopic (exact) mass is 222 g/mol. The van der Waals surface area contributed by atoms with Crippen LogP contribution >= 0.6 is 11.6 Å². The van der Waals surface area contributed by atoms with Crippen molar-refractivity contribution < 1.29 is 5.11 Å². The van der Waals surface area contributed by atoms with Crippen molar-refractivity contribution in [3.05, 3.63) is 53.1 Å². The summed E-state index contributed by atoms with van der Waals surface area (Å²) in [6, 6.07) is 7.65. The molecule has 1 aromatic heterocycles. The Labute approximate surface area is 93.0 Å². The van der Waals surface area contributed by atoms with E-state index in [1.807, 2.05) is 35.0 Å². The number of aliphatic hydroxyl groups excluding tert-OH is 1. The third-order valence-corrected chi connectivity index (χ3v) is 2.61. The molecule has 1 aromatic carbocycles. The molecular formula is C11H11ClN2O. The van der Waals surface area contributed by atoms with Gasteiger partial charge in [0, 0.05) is 17.4 Å². The first-order chi connectivity index (χ1) is 7.31. The molecule has 0 aliphatic heterocycles. The highest BCUT2D eigenvalue weighted by Gasteiger charge is 2.04. The van der Waals surface area contributed by atoms with Crippen molar-refractivity contribution in [2.75, 3.05) is 0 Å². The molecule has 15 heavy (non-hydrogen) atoms. The summed E-state index contributed by atoms with van der Waals surface area (Å²) in [6.45, 7) is 0.576. The van der Waals surface area contributed by atoms with Crippen molar-refractivity contribution in [3.63, 3.8) is 0 Å². The highest BCUT2D eigenvalue weighted by Crippen LogP contribution is 2.16. The Bertz CT molecular complexity index is 453. The second-order valence-electron chi connectivity index (χ2n) is 3.22. The van der Waals surface area contributed by atoms with Crippen LogP contribution in [0.4, 0.5) is 0 Å². The number of hydrogen-bond donors (Lipinski definition) is 1. The Balaban J connectivity index is 2.26. The Morgan fingerprint density at radius 3 is 2.87 bits per heavy atom. The van der Waals surface area contributed by atoms with Crippen molar-refractivity contribution >= 4 is 11.6 Å². The fourth-order valence-electron chi connectivity index (χ4n) is 1.45. The van der Waals surface area contributed by atoms with Crippen LogP contribution in [0.5, 0.6) is 0 Å². The van der Waals surface area contributed by atoms with E-state index in [9.17, 15) is 0 Å². The summed E-state index contributed by atoms with van der Waals surface area (Å²) >= 11 is 6.04. The molecule has 2 aromatic rings. The maximum Gasteiger partial charge on any atom is 0.134 e. The number of rotatable bonds is 3. The largest absolute Gasteiger partial charge is 0.388 e. The first-order valence-corrected chi connectivity index (χ1v) is 5.03. The summed E-state index contributed by atoms with van der Waals surface area (Å²) in [4.78, 5) is 4.03. The van der Waals surface area contributed by atoms with E-state index in [1.54, 1.807) is 6.20 Å². The molecule has 0 bridgehead atoms. The van der Waals surface area contributed by atoms with Gasteiger partial charge in [0.2, 0.25) is 0 Å². The number of benzene rings is 1. The zero-order valence-corrected chi connectivity index (χ0v) is 8.85. The van der Waals surface area contributed by atoms with Gasteiger partial charge in [-0.05, 0) is 11.6 Å². The molecule has 3 nitrogen and oxygen atoms in total. The third kappa shape index (κ3) is 2.19. The summed E-state index contributed by atoms with van der Waals surface area (Å²) in [5.74, 6) is 0.648. The Morgan fingerprint density at radius 2 is 2.13 bits per heavy atom. The zero-order chi connectivity index (χ0) is 10.7. The maximum absolute atomic E-state index is 9.04. The van der Waals surface area contributed by atoms with Crippen LogP contribution in [0.3, 0.4) is 0 Å². The molecule has 4 heteroatoms. The van der Waals surface area contributed by atoms with Crippen molar-refractivity contribution in [3.8, 4) is 0 Å². The van der Waals surface area contributed by atoms with Crippen LogP contribution in [0, 0.1) is 0 Å². The van der Waals surface area contributed by atoms with Gasteiger partial charge in [-0.2, -0.15) is 0 Å². The predicted molar refractivity (Wildman–Crippen MR) is 58.7 cm³/mol. The van der Waals surface area contributed by atoms with E-state index in [2.05, 4.69) is 4.98 Å². The van der Waals surface area contributed by atoms with E-state index in [-0.39, 0.29) is 6.61 Å². The summed E-state index contributed by atoms with van der Waals surface area (Å²) in [5, 5.41) is 9.77. The van der Waals surface area contributed by atoms with Gasteiger partial charge in [-0.3, -0.25) is 0 Å². The van der Waals surface area contributed by atoms with Crippen LogP contribution in [0.2, 0.25) is 5.02 Å². The minimum Gasteiger partial charge on any atom is -0.388 e. The summed E-state index contributed by atoms with van der Waals surface area (Å²) in [7, 11) is 0. The molecule has 0 fully saturated rings. The second-order valence-corrected chi connectivity index (χ2v) is 3.63. The smallest absolute Gasteiger partial charge is 0.134 e. The SMILES string of the molecule is OCc1nccn1Cc1ccccc1Cl. The van der Waals surface area contributed by atoms with E-state index in [0.29, 0.717) is 12.4 Å². The van der Waals surface area contributed by atoms with Crippen molar-refractivity contribution in [1.29, 1.82) is 0 Å². The third-order valence-electron chi connectivity index (χ3n) is 2.24. The quantitative estimate of drug-likeness (QED) is 0.864. The lowest BCUT2D eigenvalue weighted by atomic mass is 10.2. The van der Waals surface area contributed by atoms with Gasteiger partial charge in [0.25, 0.3) is 0 Å². The lowest BCUT2D eigenvalue weighted by Crippen LogP contribution is -2.04. The fraction of sp³-hybridized carbons (Fsp3) is 0.182. The average molecular weight is 223 g/mol. The molecule has 0 radical (unpaired) electrons. The Hall–Kier alpha value is -1.32. The van der Waals surface area contributed by atoms with E-state index < -0.39 is 0 Å².